The first kappa shape index (κ1) is 72.4. The average molecular weight is 1050 g/mol. The van der Waals surface area contributed by atoms with Crippen LogP contribution in [0.15, 0.2) is 48.6 Å². The lowest BCUT2D eigenvalue weighted by atomic mass is 10.0. The molecule has 438 valence electrons. The molecule has 0 amide bonds. The van der Waals surface area contributed by atoms with Gasteiger partial charge in [-0.25, -0.2) is 0 Å². The maximum absolute atomic E-state index is 12.8. The van der Waals surface area contributed by atoms with Gasteiger partial charge in [0.05, 0.1) is 0 Å². The van der Waals surface area contributed by atoms with Crippen LogP contribution in [-0.4, -0.2) is 37.2 Å². The molecule has 1 unspecified atom stereocenters. The van der Waals surface area contributed by atoms with Crippen molar-refractivity contribution < 1.29 is 28.6 Å². The fourth-order valence-corrected chi connectivity index (χ4v) is 9.80. The normalized spacial score (nSPS) is 12.3. The minimum Gasteiger partial charge on any atom is -0.462 e. The molecule has 0 aliphatic rings. The van der Waals surface area contributed by atoms with Crippen molar-refractivity contribution in [2.45, 2.75) is 361 Å². The van der Waals surface area contributed by atoms with E-state index in [0.29, 0.717) is 19.3 Å². The molecule has 0 N–H and O–H groups in total. The van der Waals surface area contributed by atoms with E-state index in [2.05, 4.69) is 69.4 Å². The number of hydrogen-bond acceptors (Lipinski definition) is 6. The van der Waals surface area contributed by atoms with Crippen molar-refractivity contribution in [2.24, 2.45) is 0 Å². The van der Waals surface area contributed by atoms with E-state index in [-0.39, 0.29) is 31.1 Å². The summed E-state index contributed by atoms with van der Waals surface area (Å²) >= 11 is 0. The largest absolute Gasteiger partial charge is 0.462 e. The summed E-state index contributed by atoms with van der Waals surface area (Å²) in [5.41, 5.74) is 0. The molecule has 6 nitrogen and oxygen atoms in total. The maximum Gasteiger partial charge on any atom is 0.306 e. The molecule has 0 aromatic rings. The number of hydrogen-bond donors (Lipinski definition) is 0. The minimum atomic E-state index is -0.773. The number of esters is 3. The topological polar surface area (TPSA) is 78.9 Å². The molecule has 0 aromatic carbocycles. The van der Waals surface area contributed by atoms with Gasteiger partial charge in [-0.05, 0) is 83.5 Å². The monoisotopic (exact) mass is 1050 g/mol. The summed E-state index contributed by atoms with van der Waals surface area (Å²) in [7, 11) is 0. The molecule has 0 rings (SSSR count). The third-order valence-electron chi connectivity index (χ3n) is 14.8. The molecule has 0 bridgehead atoms. The lowest BCUT2D eigenvalue weighted by Gasteiger charge is -2.18. The molecule has 0 fully saturated rings. The van der Waals surface area contributed by atoms with Gasteiger partial charge in [0, 0.05) is 19.3 Å². The van der Waals surface area contributed by atoms with Crippen LogP contribution in [0, 0.1) is 0 Å². The maximum atomic E-state index is 12.8. The summed E-state index contributed by atoms with van der Waals surface area (Å²) in [6.07, 6.45) is 80.0. The molecule has 0 aromatic heterocycles. The first-order valence-electron chi connectivity index (χ1n) is 33.1. The SMILES string of the molecule is CCCCC/C=C\CCCCCCCC(=O)OC(COC(=O)CCCCCCCCCCCCCC)COC(=O)CCCCCCCCCCCCCCCCCCCC/C=C\C/C=C\C/C=C\CCCCCCC. The van der Waals surface area contributed by atoms with Crippen LogP contribution in [0.5, 0.6) is 0 Å². The van der Waals surface area contributed by atoms with Gasteiger partial charge in [0.25, 0.3) is 0 Å². The van der Waals surface area contributed by atoms with Crippen molar-refractivity contribution in [3.63, 3.8) is 0 Å². The molecule has 75 heavy (non-hydrogen) atoms. The Morgan fingerprint density at radius 3 is 0.787 bits per heavy atom. The Morgan fingerprint density at radius 1 is 0.267 bits per heavy atom. The predicted molar refractivity (Wildman–Crippen MR) is 325 cm³/mol. The lowest BCUT2D eigenvalue weighted by molar-refractivity contribution is -0.167. The molecule has 0 saturated carbocycles. The van der Waals surface area contributed by atoms with Crippen LogP contribution >= 0.6 is 0 Å². The smallest absolute Gasteiger partial charge is 0.306 e. The molecule has 0 spiro atoms. The molecule has 0 aliphatic heterocycles. The predicted octanol–water partition coefficient (Wildman–Crippen LogP) is 22.6. The highest BCUT2D eigenvalue weighted by Gasteiger charge is 2.19. The van der Waals surface area contributed by atoms with Crippen LogP contribution in [-0.2, 0) is 28.6 Å². The Kier molecular flexibility index (Phi) is 61.7. The quantitative estimate of drug-likeness (QED) is 0.0261. The van der Waals surface area contributed by atoms with E-state index in [4.69, 9.17) is 14.2 Å². The molecule has 0 heterocycles. The minimum absolute atomic E-state index is 0.0712. The van der Waals surface area contributed by atoms with Crippen molar-refractivity contribution in [1.29, 1.82) is 0 Å². The number of carbonyl (C=O) groups excluding carboxylic acids is 3. The number of ether oxygens (including phenoxy) is 3. The van der Waals surface area contributed by atoms with Crippen LogP contribution in [0.2, 0.25) is 0 Å². The number of carbonyl (C=O) groups is 3. The van der Waals surface area contributed by atoms with Gasteiger partial charge < -0.3 is 14.2 Å². The van der Waals surface area contributed by atoms with E-state index in [1.165, 1.54) is 238 Å². The number of rotatable bonds is 61. The number of unbranched alkanes of at least 4 members (excludes halogenated alkanes) is 42. The van der Waals surface area contributed by atoms with Crippen molar-refractivity contribution in [1.82, 2.24) is 0 Å². The zero-order chi connectivity index (χ0) is 54.3. The summed E-state index contributed by atoms with van der Waals surface area (Å²) < 4.78 is 16.9. The van der Waals surface area contributed by atoms with E-state index in [0.717, 1.165) is 77.0 Å². The Hall–Kier alpha value is -2.63. The van der Waals surface area contributed by atoms with E-state index >= 15 is 0 Å². The summed E-state index contributed by atoms with van der Waals surface area (Å²) in [4.78, 5) is 38.2. The fourth-order valence-electron chi connectivity index (χ4n) is 9.80. The standard InChI is InChI=1S/C69H126O6/c1-4-7-10-13-16-19-22-25-26-27-28-29-30-31-32-33-34-35-36-37-38-39-40-41-42-43-44-45-48-50-53-56-59-62-68(71)74-65-66(75-69(72)63-60-57-54-51-47-24-21-18-15-12-9-6-3)64-73-67(70)61-58-55-52-49-46-23-20-17-14-11-8-5-2/h18,21-22,25,27-28,30-31,66H,4-17,19-20,23-24,26,29,32-65H2,1-3H3/b21-18-,25-22-,28-27-,31-30-. The Balaban J connectivity index is 4.05. The fraction of sp³-hybridized carbons (Fsp3) is 0.841. The molecule has 6 heteroatoms. The van der Waals surface area contributed by atoms with Gasteiger partial charge in [-0.15, -0.1) is 0 Å². The highest BCUT2D eigenvalue weighted by Crippen LogP contribution is 2.17. The van der Waals surface area contributed by atoms with Gasteiger partial charge in [-0.1, -0.05) is 301 Å². The van der Waals surface area contributed by atoms with Crippen molar-refractivity contribution in [3.05, 3.63) is 48.6 Å². The lowest BCUT2D eigenvalue weighted by Crippen LogP contribution is -2.30. The molecule has 1 atom stereocenters. The van der Waals surface area contributed by atoms with Crippen LogP contribution < -0.4 is 0 Å². The van der Waals surface area contributed by atoms with Crippen molar-refractivity contribution >= 4 is 17.9 Å². The summed E-state index contributed by atoms with van der Waals surface area (Å²) in [5.74, 6) is -0.861. The zero-order valence-corrected chi connectivity index (χ0v) is 50.3. The van der Waals surface area contributed by atoms with Gasteiger partial charge in [0.2, 0.25) is 0 Å². The van der Waals surface area contributed by atoms with Crippen molar-refractivity contribution in [2.75, 3.05) is 13.2 Å². The van der Waals surface area contributed by atoms with E-state index in [1.807, 2.05) is 0 Å². The molecule has 0 radical (unpaired) electrons. The third kappa shape index (κ3) is 62.1. The molecule has 0 saturated heterocycles. The van der Waals surface area contributed by atoms with Gasteiger partial charge >= 0.3 is 17.9 Å². The van der Waals surface area contributed by atoms with Crippen LogP contribution in [0.3, 0.4) is 0 Å². The van der Waals surface area contributed by atoms with Crippen LogP contribution in [0.1, 0.15) is 355 Å². The third-order valence-corrected chi connectivity index (χ3v) is 14.8. The second-order valence-electron chi connectivity index (χ2n) is 22.4. The van der Waals surface area contributed by atoms with E-state index < -0.39 is 6.10 Å². The summed E-state index contributed by atoms with van der Waals surface area (Å²) in [6, 6.07) is 0. The van der Waals surface area contributed by atoms with Crippen molar-refractivity contribution in [3.8, 4) is 0 Å². The highest BCUT2D eigenvalue weighted by atomic mass is 16.6. The van der Waals surface area contributed by atoms with E-state index in [1.54, 1.807) is 0 Å². The zero-order valence-electron chi connectivity index (χ0n) is 50.3. The summed E-state index contributed by atoms with van der Waals surface area (Å²) in [6.45, 7) is 6.64. The van der Waals surface area contributed by atoms with Gasteiger partial charge in [0.15, 0.2) is 6.10 Å². The van der Waals surface area contributed by atoms with Crippen LogP contribution in [0.25, 0.3) is 0 Å². The van der Waals surface area contributed by atoms with E-state index in [9.17, 15) is 14.4 Å². The molecular weight excluding hydrogens is 925 g/mol. The van der Waals surface area contributed by atoms with Gasteiger partial charge in [-0.2, -0.15) is 0 Å². The summed E-state index contributed by atoms with van der Waals surface area (Å²) in [5, 5.41) is 0. The Morgan fingerprint density at radius 2 is 0.480 bits per heavy atom. The first-order chi connectivity index (χ1) is 37.0. The second kappa shape index (κ2) is 63.9. The van der Waals surface area contributed by atoms with Crippen LogP contribution in [0.4, 0.5) is 0 Å². The molecular formula is C69H126O6. The Labute approximate surface area is 467 Å². The second-order valence-corrected chi connectivity index (χ2v) is 22.4. The van der Waals surface area contributed by atoms with Gasteiger partial charge in [-0.3, -0.25) is 14.4 Å². The average Bonchev–Trinajstić information content (AvgIpc) is 3.41. The molecule has 0 aliphatic carbocycles. The highest BCUT2D eigenvalue weighted by molar-refractivity contribution is 5.71. The van der Waals surface area contributed by atoms with Gasteiger partial charge in [0.1, 0.15) is 13.2 Å². The number of allylic oxidation sites excluding steroid dienone is 8. The first-order valence-corrected chi connectivity index (χ1v) is 33.1. The Bertz CT molecular complexity index is 1300.